The summed E-state index contributed by atoms with van der Waals surface area (Å²) in [5.41, 5.74) is 19.6. The second kappa shape index (κ2) is 5.13. The largest absolute Gasteiger partial charge is 0.361 e. The van der Waals surface area contributed by atoms with E-state index >= 15 is 0 Å². The molecule has 0 amide bonds. The molecule has 0 spiro atoms. The summed E-state index contributed by atoms with van der Waals surface area (Å²) in [6.45, 7) is 0. The highest BCUT2D eigenvalue weighted by atomic mass is 35.5. The van der Waals surface area contributed by atoms with E-state index in [-0.39, 0.29) is 0 Å². The second-order valence-electron chi connectivity index (χ2n) is 3.53. The SMILES string of the molecule is [N-]=[N+]=C1C=CC(=C2C=CC(=[N+]=[N-])C(Cl)=C2)C=C1Cl. The van der Waals surface area contributed by atoms with Crippen LogP contribution in [0.25, 0.3) is 11.1 Å². The molecule has 0 aromatic rings. The van der Waals surface area contributed by atoms with Crippen LogP contribution < -0.4 is 0 Å². The Balaban J connectivity index is 2.49. The average molecular weight is 277 g/mol. The van der Waals surface area contributed by atoms with Crippen molar-refractivity contribution in [3.05, 3.63) is 68.7 Å². The minimum absolute atomic E-state index is 0.300. The number of rotatable bonds is 0. The first-order valence-corrected chi connectivity index (χ1v) is 5.71. The van der Waals surface area contributed by atoms with Crippen LogP contribution in [0.3, 0.4) is 0 Å². The van der Waals surface area contributed by atoms with Gasteiger partial charge in [-0.15, -0.1) is 0 Å². The molecule has 0 heterocycles. The molecule has 0 unspecified atom stereocenters. The Labute approximate surface area is 113 Å². The Hall–Kier alpha value is -1.96. The van der Waals surface area contributed by atoms with Crippen LogP contribution in [0.4, 0.5) is 0 Å². The maximum Gasteiger partial charge on any atom is 0.333 e. The third-order valence-corrected chi connectivity index (χ3v) is 3.05. The summed E-state index contributed by atoms with van der Waals surface area (Å²) in [6, 6.07) is 0. The molecule has 0 radical (unpaired) electrons. The predicted octanol–water partition coefficient (Wildman–Crippen LogP) is 3.01. The zero-order valence-electron chi connectivity index (χ0n) is 9.01. The van der Waals surface area contributed by atoms with Gasteiger partial charge >= 0.3 is 11.4 Å². The zero-order valence-corrected chi connectivity index (χ0v) is 10.5. The molecule has 0 atom stereocenters. The van der Waals surface area contributed by atoms with Crippen molar-refractivity contribution in [2.45, 2.75) is 0 Å². The minimum atomic E-state index is 0.300. The molecule has 4 nitrogen and oxygen atoms in total. The molecule has 2 aliphatic carbocycles. The molecule has 0 saturated carbocycles. The number of hydrogen-bond donors (Lipinski definition) is 0. The Bertz CT molecular complexity index is 606. The van der Waals surface area contributed by atoms with Crippen LogP contribution in [-0.2, 0) is 0 Å². The van der Waals surface area contributed by atoms with Crippen LogP contribution in [0.5, 0.6) is 0 Å². The van der Waals surface area contributed by atoms with Crippen molar-refractivity contribution in [3.8, 4) is 0 Å². The molecule has 0 fully saturated rings. The van der Waals surface area contributed by atoms with Gasteiger partial charge in [0.15, 0.2) is 0 Å². The Morgan fingerprint density at radius 1 is 0.722 bits per heavy atom. The molecule has 0 saturated heterocycles. The van der Waals surface area contributed by atoms with Gasteiger partial charge < -0.3 is 11.1 Å². The Morgan fingerprint density at radius 3 is 1.39 bits per heavy atom. The van der Waals surface area contributed by atoms with E-state index in [0.29, 0.717) is 21.5 Å². The van der Waals surface area contributed by atoms with E-state index in [0.717, 1.165) is 11.1 Å². The lowest BCUT2D eigenvalue weighted by Gasteiger charge is -2.07. The maximum atomic E-state index is 8.67. The highest BCUT2D eigenvalue weighted by molar-refractivity contribution is 6.45. The Morgan fingerprint density at radius 2 is 1.11 bits per heavy atom. The van der Waals surface area contributed by atoms with Crippen molar-refractivity contribution in [2.75, 3.05) is 0 Å². The van der Waals surface area contributed by atoms with Gasteiger partial charge in [-0.1, -0.05) is 23.2 Å². The number of nitrogens with zero attached hydrogens (tertiary/aromatic N) is 4. The number of hydrogen-bond acceptors (Lipinski definition) is 0. The summed E-state index contributed by atoms with van der Waals surface area (Å²) in [6.07, 6.45) is 10.0. The fourth-order valence-corrected chi connectivity index (χ4v) is 1.97. The van der Waals surface area contributed by atoms with E-state index in [2.05, 4.69) is 9.58 Å². The lowest BCUT2D eigenvalue weighted by Crippen LogP contribution is -2.04. The van der Waals surface area contributed by atoms with E-state index in [1.165, 1.54) is 0 Å². The minimum Gasteiger partial charge on any atom is -0.361 e. The molecule has 2 aliphatic rings. The van der Waals surface area contributed by atoms with Gasteiger partial charge in [0, 0.05) is 12.2 Å². The van der Waals surface area contributed by atoms with E-state index in [9.17, 15) is 0 Å². The molecular weight excluding hydrogens is 271 g/mol. The van der Waals surface area contributed by atoms with Gasteiger partial charge in [-0.25, -0.2) is 0 Å². The lowest BCUT2D eigenvalue weighted by molar-refractivity contribution is -0.00244. The molecular formula is C12H6Cl2N4. The van der Waals surface area contributed by atoms with Gasteiger partial charge in [-0.3, -0.25) is 0 Å². The summed E-state index contributed by atoms with van der Waals surface area (Å²) < 4.78 is 0. The first-order chi connectivity index (χ1) is 8.65. The summed E-state index contributed by atoms with van der Waals surface area (Å²) in [5.74, 6) is 0. The molecule has 18 heavy (non-hydrogen) atoms. The van der Waals surface area contributed by atoms with Gasteiger partial charge in [0.25, 0.3) is 0 Å². The topological polar surface area (TPSA) is 72.8 Å². The molecule has 2 rings (SSSR count). The smallest absolute Gasteiger partial charge is 0.333 e. The molecule has 0 aromatic carbocycles. The third kappa shape index (κ3) is 2.33. The molecule has 6 heteroatoms. The predicted molar refractivity (Wildman–Crippen MR) is 70.4 cm³/mol. The highest BCUT2D eigenvalue weighted by Gasteiger charge is 2.19. The normalized spacial score (nSPS) is 22.3. The first-order valence-electron chi connectivity index (χ1n) is 4.95. The van der Waals surface area contributed by atoms with Gasteiger partial charge in [0.05, 0.1) is 0 Å². The van der Waals surface area contributed by atoms with Crippen LogP contribution >= 0.6 is 23.2 Å². The fraction of sp³-hybridized carbons (Fsp3) is 0. The molecule has 0 aliphatic heterocycles. The van der Waals surface area contributed by atoms with E-state index in [1.54, 1.807) is 36.5 Å². The molecule has 0 bridgehead atoms. The van der Waals surface area contributed by atoms with E-state index in [4.69, 9.17) is 34.3 Å². The van der Waals surface area contributed by atoms with Crippen molar-refractivity contribution in [1.82, 2.24) is 0 Å². The van der Waals surface area contributed by atoms with Crippen molar-refractivity contribution in [3.63, 3.8) is 0 Å². The van der Waals surface area contributed by atoms with Gasteiger partial charge in [0.2, 0.25) is 0 Å². The van der Waals surface area contributed by atoms with Gasteiger partial charge in [0.1, 0.15) is 10.1 Å². The maximum absolute atomic E-state index is 8.67. The van der Waals surface area contributed by atoms with Crippen LogP contribution in [0, 0.1) is 0 Å². The standard InChI is InChI=1S/C12H6Cl2N4/c13-9-5-7(1-3-11(9)17-15)8-2-4-12(18-16)10(14)6-8/h1-6H. The van der Waals surface area contributed by atoms with Gasteiger partial charge in [-0.05, 0) is 35.5 Å². The van der Waals surface area contributed by atoms with Crippen molar-refractivity contribution in [1.29, 1.82) is 0 Å². The van der Waals surface area contributed by atoms with Crippen molar-refractivity contribution in [2.24, 2.45) is 0 Å². The van der Waals surface area contributed by atoms with E-state index in [1.807, 2.05) is 0 Å². The second-order valence-corrected chi connectivity index (χ2v) is 4.35. The monoisotopic (exact) mass is 276 g/mol. The molecule has 88 valence electrons. The Kier molecular flexibility index (Phi) is 3.56. The summed E-state index contributed by atoms with van der Waals surface area (Å²) >= 11 is 11.9. The molecule has 0 aromatic heterocycles. The zero-order chi connectivity index (χ0) is 13.1. The fourth-order valence-electron chi connectivity index (χ4n) is 1.54. The average Bonchev–Trinajstić information content (AvgIpc) is 2.38. The van der Waals surface area contributed by atoms with Crippen LogP contribution in [0.2, 0.25) is 0 Å². The van der Waals surface area contributed by atoms with Crippen LogP contribution in [-0.4, -0.2) is 21.0 Å². The van der Waals surface area contributed by atoms with Gasteiger partial charge in [-0.2, -0.15) is 9.58 Å². The summed E-state index contributed by atoms with van der Waals surface area (Å²) in [5, 5.41) is 0.670. The molecule has 0 N–H and O–H groups in total. The van der Waals surface area contributed by atoms with Crippen molar-refractivity contribution < 1.29 is 9.58 Å². The lowest BCUT2D eigenvalue weighted by atomic mass is 9.98. The van der Waals surface area contributed by atoms with Crippen LogP contribution in [0.1, 0.15) is 0 Å². The third-order valence-electron chi connectivity index (χ3n) is 2.44. The summed E-state index contributed by atoms with van der Waals surface area (Å²) in [7, 11) is 0. The van der Waals surface area contributed by atoms with Crippen LogP contribution in [0.15, 0.2) is 57.7 Å². The highest BCUT2D eigenvalue weighted by Crippen LogP contribution is 2.24. The first kappa shape index (κ1) is 12.5. The number of allylic oxidation sites excluding steroid dienone is 10. The summed E-state index contributed by atoms with van der Waals surface area (Å²) in [4.78, 5) is 6.09. The van der Waals surface area contributed by atoms with Crippen molar-refractivity contribution >= 4 is 34.6 Å². The quantitative estimate of drug-likeness (QED) is 0.482. The number of halogens is 2. The van der Waals surface area contributed by atoms with E-state index < -0.39 is 0 Å².